The van der Waals surface area contributed by atoms with Crippen LogP contribution in [0, 0.1) is 0 Å². The summed E-state index contributed by atoms with van der Waals surface area (Å²) in [6, 6.07) is 62.0. The first-order valence-electron chi connectivity index (χ1n) is 17.2. The second-order valence-corrected chi connectivity index (χ2v) is 12.9. The van der Waals surface area contributed by atoms with Crippen molar-refractivity contribution in [2.75, 3.05) is 0 Å². The van der Waals surface area contributed by atoms with Crippen LogP contribution >= 0.6 is 0 Å². The maximum Gasteiger partial charge on any atom is -0.00262 e. The summed E-state index contributed by atoms with van der Waals surface area (Å²) in [5.41, 5.74) is 11.9. The highest BCUT2D eigenvalue weighted by Gasteiger charge is 2.18. The summed E-state index contributed by atoms with van der Waals surface area (Å²) in [5, 5.41) is 9.89. The van der Waals surface area contributed by atoms with Crippen LogP contribution in [0.4, 0.5) is 0 Å². The first-order valence-corrected chi connectivity index (χ1v) is 17.2. The summed E-state index contributed by atoms with van der Waals surface area (Å²) >= 11 is 0. The van der Waals surface area contributed by atoms with Crippen molar-refractivity contribution in [3.63, 3.8) is 0 Å². The second-order valence-electron chi connectivity index (χ2n) is 12.9. The first-order chi connectivity index (χ1) is 24.7. The molecule has 0 bridgehead atoms. The largest absolute Gasteiger partial charge is 0.0984 e. The zero-order chi connectivity index (χ0) is 33.6. The Kier molecular flexibility index (Phi) is 7.22. The molecule has 9 rings (SSSR count). The molecular weight excluding hydrogens is 601 g/mol. The van der Waals surface area contributed by atoms with Crippen LogP contribution in [0.15, 0.2) is 183 Å². The minimum Gasteiger partial charge on any atom is -0.0984 e. The van der Waals surface area contributed by atoms with Crippen molar-refractivity contribution in [2.24, 2.45) is 0 Å². The Morgan fingerprint density at radius 3 is 1.40 bits per heavy atom. The molecule has 9 aromatic carbocycles. The number of rotatable bonds is 6. The molecule has 0 nitrogen and oxygen atoms in total. The van der Waals surface area contributed by atoms with Crippen LogP contribution in [0.1, 0.15) is 11.1 Å². The van der Waals surface area contributed by atoms with E-state index >= 15 is 0 Å². The van der Waals surface area contributed by atoms with Gasteiger partial charge < -0.3 is 0 Å². The second kappa shape index (κ2) is 12.2. The van der Waals surface area contributed by atoms with Crippen LogP contribution in [-0.4, -0.2) is 0 Å². The topological polar surface area (TPSA) is 0 Å². The Bertz CT molecular complexity index is 2740. The molecule has 0 aromatic heterocycles. The molecule has 0 radical (unpaired) electrons. The van der Waals surface area contributed by atoms with Crippen molar-refractivity contribution in [2.45, 2.75) is 0 Å². The Balaban J connectivity index is 1.26. The lowest BCUT2D eigenvalue weighted by molar-refractivity contribution is 1.61. The lowest BCUT2D eigenvalue weighted by Gasteiger charge is -2.19. The highest BCUT2D eigenvalue weighted by Crippen LogP contribution is 2.45. The molecule has 0 heterocycles. The SMILES string of the molecule is C=Cc1cc(-c2cccc(-c3c4ccccc4c(-c4cccc(-c5ccc6ccccc6c5)c4)c4ccccc34)c2)c2ccccc2c1C=C. The minimum absolute atomic E-state index is 1.09. The molecule has 234 valence electrons. The number of fused-ring (bicyclic) bond motifs is 4. The summed E-state index contributed by atoms with van der Waals surface area (Å²) in [6.45, 7) is 8.25. The number of hydrogen-bond donors (Lipinski definition) is 0. The van der Waals surface area contributed by atoms with Crippen LogP contribution < -0.4 is 0 Å². The number of hydrogen-bond acceptors (Lipinski definition) is 0. The summed E-state index contributed by atoms with van der Waals surface area (Å²) in [6.07, 6.45) is 3.88. The predicted octanol–water partition coefficient (Wildman–Crippen LogP) is 14.3. The fraction of sp³-hybridized carbons (Fsp3) is 0. The van der Waals surface area contributed by atoms with E-state index in [2.05, 4.69) is 183 Å². The quantitative estimate of drug-likeness (QED) is 0.160. The molecule has 0 saturated carbocycles. The molecule has 0 aliphatic carbocycles. The van der Waals surface area contributed by atoms with Crippen LogP contribution in [0.25, 0.3) is 99.7 Å². The third kappa shape index (κ3) is 4.85. The maximum absolute atomic E-state index is 4.13. The molecule has 0 atom stereocenters. The summed E-state index contributed by atoms with van der Waals surface area (Å²) in [7, 11) is 0. The van der Waals surface area contributed by atoms with Gasteiger partial charge in [-0.1, -0.05) is 171 Å². The molecule has 0 amide bonds. The minimum atomic E-state index is 1.09. The fourth-order valence-electron chi connectivity index (χ4n) is 7.87. The molecule has 0 N–H and O–H groups in total. The van der Waals surface area contributed by atoms with Gasteiger partial charge in [-0.3, -0.25) is 0 Å². The molecule has 9 aromatic rings. The monoisotopic (exact) mass is 634 g/mol. The van der Waals surface area contributed by atoms with Crippen molar-refractivity contribution in [1.82, 2.24) is 0 Å². The Hall–Kier alpha value is -6.50. The molecule has 0 heteroatoms. The third-order valence-corrected chi connectivity index (χ3v) is 10.2. The normalized spacial score (nSPS) is 11.4. The fourth-order valence-corrected chi connectivity index (χ4v) is 7.87. The van der Waals surface area contributed by atoms with E-state index < -0.39 is 0 Å². The lowest BCUT2D eigenvalue weighted by atomic mass is 9.84. The van der Waals surface area contributed by atoms with E-state index in [4.69, 9.17) is 0 Å². The molecule has 50 heavy (non-hydrogen) atoms. The van der Waals surface area contributed by atoms with E-state index in [-0.39, 0.29) is 0 Å². The van der Waals surface area contributed by atoms with Gasteiger partial charge in [0.2, 0.25) is 0 Å². The van der Waals surface area contributed by atoms with Gasteiger partial charge in [-0.2, -0.15) is 0 Å². The van der Waals surface area contributed by atoms with Crippen molar-refractivity contribution in [3.8, 4) is 44.5 Å². The maximum atomic E-state index is 4.13. The van der Waals surface area contributed by atoms with Gasteiger partial charge in [0.15, 0.2) is 0 Å². The zero-order valence-corrected chi connectivity index (χ0v) is 27.7. The molecule has 0 aliphatic rings. The molecule has 0 saturated heterocycles. The van der Waals surface area contributed by atoms with E-state index in [1.54, 1.807) is 0 Å². The van der Waals surface area contributed by atoms with Crippen molar-refractivity contribution >= 4 is 55.2 Å². The molecular formula is C50H34. The molecule has 0 unspecified atom stereocenters. The summed E-state index contributed by atoms with van der Waals surface area (Å²) in [4.78, 5) is 0. The van der Waals surface area contributed by atoms with Gasteiger partial charge in [0, 0.05) is 0 Å². The van der Waals surface area contributed by atoms with Gasteiger partial charge in [0.05, 0.1) is 0 Å². The van der Waals surface area contributed by atoms with Crippen molar-refractivity contribution in [1.29, 1.82) is 0 Å². The van der Waals surface area contributed by atoms with E-state index in [1.807, 2.05) is 12.2 Å². The van der Waals surface area contributed by atoms with E-state index in [0.717, 1.165) is 11.1 Å². The lowest BCUT2D eigenvalue weighted by Crippen LogP contribution is -1.92. The highest BCUT2D eigenvalue weighted by atomic mass is 14.2. The Morgan fingerprint density at radius 1 is 0.320 bits per heavy atom. The van der Waals surface area contributed by atoms with E-state index in [0.29, 0.717) is 0 Å². The van der Waals surface area contributed by atoms with E-state index in [9.17, 15) is 0 Å². The Morgan fingerprint density at radius 2 is 0.800 bits per heavy atom. The van der Waals surface area contributed by atoms with E-state index in [1.165, 1.54) is 87.6 Å². The molecule has 0 spiro atoms. The van der Waals surface area contributed by atoms with Gasteiger partial charge >= 0.3 is 0 Å². The van der Waals surface area contributed by atoms with Gasteiger partial charge in [0.1, 0.15) is 0 Å². The van der Waals surface area contributed by atoms with Crippen LogP contribution in [0.2, 0.25) is 0 Å². The standard InChI is InChI=1S/C50H34/c1-3-33-32-48(43-22-8-7-21-42(43)41(33)4-2)38-18-14-20-40(31-38)50-46-25-11-9-23-44(46)49(45-24-10-12-26-47(45)50)39-19-13-17-36(30-39)37-28-27-34-15-5-6-16-35(34)29-37/h3-32H,1-2H2. The van der Waals surface area contributed by atoms with Gasteiger partial charge in [0.25, 0.3) is 0 Å². The van der Waals surface area contributed by atoms with Gasteiger partial charge in [-0.15, -0.1) is 0 Å². The Labute approximate surface area is 292 Å². The third-order valence-electron chi connectivity index (χ3n) is 10.2. The first kappa shape index (κ1) is 29.6. The molecule has 0 aliphatic heterocycles. The summed E-state index contributed by atoms with van der Waals surface area (Å²) in [5.74, 6) is 0. The zero-order valence-electron chi connectivity index (χ0n) is 27.7. The van der Waals surface area contributed by atoms with Crippen molar-refractivity contribution in [3.05, 3.63) is 194 Å². The van der Waals surface area contributed by atoms with Crippen LogP contribution in [-0.2, 0) is 0 Å². The van der Waals surface area contributed by atoms with Gasteiger partial charge in [-0.25, -0.2) is 0 Å². The summed E-state index contributed by atoms with van der Waals surface area (Å²) < 4.78 is 0. The molecule has 0 fully saturated rings. The van der Waals surface area contributed by atoms with Gasteiger partial charge in [-0.05, 0) is 123 Å². The smallest absolute Gasteiger partial charge is 0.00262 e. The highest BCUT2D eigenvalue weighted by molar-refractivity contribution is 6.21. The van der Waals surface area contributed by atoms with Crippen LogP contribution in [0.5, 0.6) is 0 Å². The number of benzene rings is 9. The van der Waals surface area contributed by atoms with Crippen LogP contribution in [0.3, 0.4) is 0 Å². The average molecular weight is 635 g/mol. The predicted molar refractivity (Wildman–Crippen MR) is 218 cm³/mol. The average Bonchev–Trinajstić information content (AvgIpc) is 3.19. The van der Waals surface area contributed by atoms with Crippen molar-refractivity contribution < 1.29 is 0 Å².